The third kappa shape index (κ3) is 4.33. The second kappa shape index (κ2) is 8.76. The second-order valence-corrected chi connectivity index (χ2v) is 8.25. The van der Waals surface area contributed by atoms with E-state index in [-0.39, 0.29) is 5.91 Å². The molecule has 1 amide bonds. The molecule has 1 aliphatic rings. The molecule has 0 spiro atoms. The molecule has 5 nitrogen and oxygen atoms in total. The lowest BCUT2D eigenvalue weighted by Gasteiger charge is -2.14. The number of carbonyl (C=O) groups excluding carboxylic acids is 1. The van der Waals surface area contributed by atoms with Gasteiger partial charge in [0.05, 0.1) is 18.4 Å². The van der Waals surface area contributed by atoms with Crippen LogP contribution in [0.3, 0.4) is 0 Å². The number of carbonyl (C=O) groups is 1. The number of nitrogens with zero attached hydrogens (tertiary/aromatic N) is 2. The van der Waals surface area contributed by atoms with E-state index in [1.165, 1.54) is 4.88 Å². The van der Waals surface area contributed by atoms with Gasteiger partial charge in [0.15, 0.2) is 0 Å². The zero-order valence-electron chi connectivity index (χ0n) is 15.9. The van der Waals surface area contributed by atoms with Crippen molar-refractivity contribution in [2.45, 2.75) is 25.7 Å². The van der Waals surface area contributed by atoms with E-state index in [1.54, 1.807) is 55.3 Å². The van der Waals surface area contributed by atoms with E-state index in [9.17, 15) is 4.79 Å². The fourth-order valence-corrected chi connectivity index (χ4v) is 4.82. The Balaban J connectivity index is 1.70. The molecule has 1 aromatic carbocycles. The SMILES string of the molecule is COc1ccc(Cl)cc1NC(=O)c1c(/N=C\c2ccncc2)sc2c1CCCC2. The molecule has 1 aliphatic carbocycles. The van der Waals surface area contributed by atoms with Crippen molar-refractivity contribution >= 4 is 45.7 Å². The average Bonchev–Trinajstić information content (AvgIpc) is 3.12. The third-order valence-corrected chi connectivity index (χ3v) is 6.26. The van der Waals surface area contributed by atoms with Crippen LogP contribution in [-0.2, 0) is 12.8 Å². The van der Waals surface area contributed by atoms with Gasteiger partial charge in [0.2, 0.25) is 0 Å². The molecule has 0 fully saturated rings. The quantitative estimate of drug-likeness (QED) is 0.534. The van der Waals surface area contributed by atoms with Crippen LogP contribution >= 0.6 is 22.9 Å². The predicted molar refractivity (Wildman–Crippen MR) is 118 cm³/mol. The number of halogens is 1. The number of rotatable bonds is 5. The highest BCUT2D eigenvalue weighted by Gasteiger charge is 2.25. The Kier molecular flexibility index (Phi) is 5.92. The first kappa shape index (κ1) is 19.6. The standard InChI is InChI=1S/C22H20ClN3O2S/c1-28-18-7-6-15(23)12-17(18)26-21(27)20-16-4-2-3-5-19(16)29-22(20)25-13-14-8-10-24-11-9-14/h6-13H,2-5H2,1H3,(H,26,27)/b25-13-. The molecule has 0 radical (unpaired) electrons. The maximum atomic E-state index is 13.3. The molecule has 0 bridgehead atoms. The molecule has 29 heavy (non-hydrogen) atoms. The predicted octanol–water partition coefficient (Wildman–Crippen LogP) is 5.69. The van der Waals surface area contributed by atoms with Gasteiger partial charge in [0, 0.05) is 28.5 Å². The maximum Gasteiger partial charge on any atom is 0.259 e. The van der Waals surface area contributed by atoms with Crippen LogP contribution in [0.4, 0.5) is 10.7 Å². The van der Waals surface area contributed by atoms with E-state index in [1.807, 2.05) is 12.1 Å². The lowest BCUT2D eigenvalue weighted by Crippen LogP contribution is -2.15. The number of benzene rings is 1. The molecule has 148 valence electrons. The van der Waals surface area contributed by atoms with Gasteiger partial charge in [-0.05, 0) is 67.1 Å². The second-order valence-electron chi connectivity index (χ2n) is 6.73. The number of fused-ring (bicyclic) bond motifs is 1. The summed E-state index contributed by atoms with van der Waals surface area (Å²) in [6.07, 6.45) is 9.33. The normalized spacial score (nSPS) is 13.3. The number of ether oxygens (including phenoxy) is 1. The largest absolute Gasteiger partial charge is 0.495 e. The first-order chi connectivity index (χ1) is 14.2. The summed E-state index contributed by atoms with van der Waals surface area (Å²) in [6, 6.07) is 8.93. The number of amides is 1. The Morgan fingerprint density at radius 1 is 1.24 bits per heavy atom. The number of anilines is 1. The minimum atomic E-state index is -0.188. The number of aliphatic imine (C=N–C) groups is 1. The highest BCUT2D eigenvalue weighted by Crippen LogP contribution is 2.40. The van der Waals surface area contributed by atoms with Crippen molar-refractivity contribution in [3.8, 4) is 5.75 Å². The summed E-state index contributed by atoms with van der Waals surface area (Å²) in [7, 11) is 1.57. The first-order valence-corrected chi connectivity index (χ1v) is 10.6. The van der Waals surface area contributed by atoms with Gasteiger partial charge < -0.3 is 10.1 Å². The number of nitrogens with one attached hydrogen (secondary N) is 1. The highest BCUT2D eigenvalue weighted by atomic mass is 35.5. The average molecular weight is 426 g/mol. The van der Waals surface area contributed by atoms with Gasteiger partial charge in [-0.1, -0.05) is 11.6 Å². The van der Waals surface area contributed by atoms with Crippen LogP contribution in [0, 0.1) is 0 Å². The van der Waals surface area contributed by atoms with Crippen molar-refractivity contribution in [1.29, 1.82) is 0 Å². The maximum absolute atomic E-state index is 13.3. The van der Waals surface area contributed by atoms with Crippen LogP contribution in [0.2, 0.25) is 5.02 Å². The number of aryl methyl sites for hydroxylation is 1. The smallest absolute Gasteiger partial charge is 0.259 e. The Bertz CT molecular complexity index is 1060. The van der Waals surface area contributed by atoms with Crippen LogP contribution < -0.4 is 10.1 Å². The van der Waals surface area contributed by atoms with Crippen molar-refractivity contribution in [2.75, 3.05) is 12.4 Å². The number of thiophene rings is 1. The zero-order valence-corrected chi connectivity index (χ0v) is 17.5. The summed E-state index contributed by atoms with van der Waals surface area (Å²) in [6.45, 7) is 0. The van der Waals surface area contributed by atoms with Crippen LogP contribution in [0.1, 0.15) is 39.2 Å². The Morgan fingerprint density at radius 3 is 2.83 bits per heavy atom. The molecule has 0 atom stereocenters. The van der Waals surface area contributed by atoms with Crippen molar-refractivity contribution in [3.63, 3.8) is 0 Å². The lowest BCUT2D eigenvalue weighted by atomic mass is 9.95. The van der Waals surface area contributed by atoms with Crippen LogP contribution in [0.5, 0.6) is 5.75 Å². The molecule has 0 aliphatic heterocycles. The van der Waals surface area contributed by atoms with Gasteiger partial charge in [-0.2, -0.15) is 0 Å². The molecular weight excluding hydrogens is 406 g/mol. The summed E-state index contributed by atoms with van der Waals surface area (Å²) >= 11 is 7.71. The zero-order chi connectivity index (χ0) is 20.2. The molecule has 2 heterocycles. The molecule has 3 aromatic rings. The third-order valence-electron chi connectivity index (χ3n) is 4.83. The molecule has 7 heteroatoms. The number of aromatic nitrogens is 1. The highest BCUT2D eigenvalue weighted by molar-refractivity contribution is 7.16. The molecule has 4 rings (SSSR count). The van der Waals surface area contributed by atoms with E-state index < -0.39 is 0 Å². The fourth-order valence-electron chi connectivity index (χ4n) is 3.42. The fraction of sp³-hybridized carbons (Fsp3) is 0.227. The number of hydrogen-bond donors (Lipinski definition) is 1. The van der Waals surface area contributed by atoms with Crippen molar-refractivity contribution in [1.82, 2.24) is 4.98 Å². The first-order valence-electron chi connectivity index (χ1n) is 9.39. The van der Waals surface area contributed by atoms with Gasteiger partial charge in [-0.15, -0.1) is 11.3 Å². The number of hydrogen-bond acceptors (Lipinski definition) is 5. The Labute approximate surface area is 178 Å². The number of methoxy groups -OCH3 is 1. The van der Waals surface area contributed by atoms with E-state index in [2.05, 4.69) is 15.3 Å². The van der Waals surface area contributed by atoms with Gasteiger partial charge >= 0.3 is 0 Å². The summed E-state index contributed by atoms with van der Waals surface area (Å²) in [4.78, 5) is 23.2. The topological polar surface area (TPSA) is 63.6 Å². The van der Waals surface area contributed by atoms with E-state index in [0.717, 1.165) is 41.8 Å². The van der Waals surface area contributed by atoms with Crippen LogP contribution in [-0.4, -0.2) is 24.2 Å². The molecule has 2 aromatic heterocycles. The summed E-state index contributed by atoms with van der Waals surface area (Å²) in [5, 5.41) is 4.23. The van der Waals surface area contributed by atoms with Crippen molar-refractivity contribution < 1.29 is 9.53 Å². The Morgan fingerprint density at radius 2 is 2.03 bits per heavy atom. The Hall–Kier alpha value is -2.70. The monoisotopic (exact) mass is 425 g/mol. The lowest BCUT2D eigenvalue weighted by molar-refractivity contribution is 0.102. The van der Waals surface area contributed by atoms with Crippen LogP contribution in [0.25, 0.3) is 0 Å². The van der Waals surface area contributed by atoms with Crippen molar-refractivity contribution in [3.05, 3.63) is 69.3 Å². The van der Waals surface area contributed by atoms with Crippen LogP contribution in [0.15, 0.2) is 47.7 Å². The van der Waals surface area contributed by atoms with Gasteiger partial charge in [0.25, 0.3) is 5.91 Å². The minimum Gasteiger partial charge on any atom is -0.495 e. The van der Waals surface area contributed by atoms with E-state index in [0.29, 0.717) is 22.0 Å². The number of pyridine rings is 1. The molecule has 0 saturated heterocycles. The summed E-state index contributed by atoms with van der Waals surface area (Å²) < 4.78 is 5.36. The van der Waals surface area contributed by atoms with E-state index in [4.69, 9.17) is 16.3 Å². The van der Waals surface area contributed by atoms with Gasteiger partial charge in [-0.3, -0.25) is 9.78 Å². The van der Waals surface area contributed by atoms with Gasteiger partial charge in [-0.25, -0.2) is 4.99 Å². The molecule has 1 N–H and O–H groups in total. The van der Waals surface area contributed by atoms with Crippen molar-refractivity contribution in [2.24, 2.45) is 4.99 Å². The summed E-state index contributed by atoms with van der Waals surface area (Å²) in [5.74, 6) is 0.375. The van der Waals surface area contributed by atoms with E-state index >= 15 is 0 Å². The summed E-state index contributed by atoms with van der Waals surface area (Å²) in [5.41, 5.74) is 3.25. The van der Waals surface area contributed by atoms with Gasteiger partial charge in [0.1, 0.15) is 10.8 Å². The minimum absolute atomic E-state index is 0.188. The molecular formula is C22H20ClN3O2S. The molecule has 0 saturated carbocycles. The molecule has 0 unspecified atom stereocenters.